The smallest absolute Gasteiger partial charge is 0.320 e. The number of unbranched alkanes of at least 4 members (excludes halogenated alkanes) is 1. The molecule has 0 saturated heterocycles. The van der Waals surface area contributed by atoms with E-state index in [0.29, 0.717) is 13.0 Å². The number of rotatable bonds is 6. The molecule has 6 nitrogen and oxygen atoms in total. The van der Waals surface area contributed by atoms with Crippen molar-refractivity contribution in [3.63, 3.8) is 0 Å². The minimum atomic E-state index is -0.963. The van der Waals surface area contributed by atoms with Gasteiger partial charge in [-0.3, -0.25) is 4.79 Å². The molecule has 1 unspecified atom stereocenters. The monoisotopic (exact) mass is 174 g/mol. The fraction of sp³-hybridized carbons (Fsp3) is 0.833. The highest BCUT2D eigenvalue weighted by molar-refractivity contribution is 5.72. The summed E-state index contributed by atoms with van der Waals surface area (Å²) >= 11 is 0. The summed E-state index contributed by atoms with van der Waals surface area (Å²) in [5, 5.41) is 15.0. The molecular weight excluding hydrogens is 160 g/mol. The zero-order valence-corrected chi connectivity index (χ0v) is 6.81. The van der Waals surface area contributed by atoms with E-state index in [-0.39, 0.29) is 0 Å². The van der Waals surface area contributed by atoms with Crippen LogP contribution in [0.2, 0.25) is 0 Å². The molecule has 5 N–H and O–H groups in total. The molecule has 6 heteroatoms. The number of carboxylic acid groups (broad SMARTS) is 1. The standard InChI is InChI=1S/C6H14N4O2/c7-5(6(11)12)3-1-2-4-9-10-8/h5H,1-4,7H2,(H2,8,9)(H,11,12). The molecule has 1 atom stereocenters. The molecule has 0 amide bonds. The Kier molecular flexibility index (Phi) is 5.90. The van der Waals surface area contributed by atoms with E-state index in [1.54, 1.807) is 0 Å². The third kappa shape index (κ3) is 5.60. The van der Waals surface area contributed by atoms with Crippen molar-refractivity contribution in [2.45, 2.75) is 25.3 Å². The second kappa shape index (κ2) is 6.53. The van der Waals surface area contributed by atoms with Crippen molar-refractivity contribution in [1.82, 2.24) is 0 Å². The Bertz CT molecular complexity index is 160. The minimum Gasteiger partial charge on any atom is -0.480 e. The van der Waals surface area contributed by atoms with Crippen LogP contribution in [0.15, 0.2) is 10.3 Å². The fourth-order valence-corrected chi connectivity index (χ4v) is 0.728. The average Bonchev–Trinajstić information content (AvgIpc) is 2.03. The van der Waals surface area contributed by atoms with Gasteiger partial charge in [0.05, 0.1) is 6.54 Å². The summed E-state index contributed by atoms with van der Waals surface area (Å²) in [6.45, 7) is 0.531. The summed E-state index contributed by atoms with van der Waals surface area (Å²) in [6, 6.07) is -0.764. The third-order valence-corrected chi connectivity index (χ3v) is 1.42. The molecule has 0 fully saturated rings. The van der Waals surface area contributed by atoms with Gasteiger partial charge >= 0.3 is 5.97 Å². The molecule has 0 spiro atoms. The summed E-state index contributed by atoms with van der Waals surface area (Å²) in [7, 11) is 0. The van der Waals surface area contributed by atoms with Crippen LogP contribution in [0, 0.1) is 0 Å². The van der Waals surface area contributed by atoms with Crippen molar-refractivity contribution in [3.05, 3.63) is 0 Å². The lowest BCUT2D eigenvalue weighted by molar-refractivity contribution is -0.138. The summed E-state index contributed by atoms with van der Waals surface area (Å²) in [4.78, 5) is 10.2. The molecule has 70 valence electrons. The van der Waals surface area contributed by atoms with Gasteiger partial charge in [-0.1, -0.05) is 5.22 Å². The molecule has 0 aromatic carbocycles. The summed E-state index contributed by atoms with van der Waals surface area (Å²) in [6.07, 6.45) is 1.96. The van der Waals surface area contributed by atoms with Gasteiger partial charge in [-0.2, -0.15) is 5.11 Å². The molecule has 0 aliphatic carbocycles. The number of hydrogen-bond donors (Lipinski definition) is 3. The van der Waals surface area contributed by atoms with Crippen LogP contribution >= 0.6 is 0 Å². The van der Waals surface area contributed by atoms with E-state index >= 15 is 0 Å². The van der Waals surface area contributed by atoms with Crippen molar-refractivity contribution in [2.24, 2.45) is 21.9 Å². The predicted molar refractivity (Wildman–Crippen MR) is 43.4 cm³/mol. The number of carboxylic acids is 1. The summed E-state index contributed by atoms with van der Waals surface area (Å²) in [5.41, 5.74) is 5.25. The van der Waals surface area contributed by atoms with Crippen molar-refractivity contribution < 1.29 is 9.90 Å². The van der Waals surface area contributed by atoms with Crippen molar-refractivity contribution in [1.29, 1.82) is 0 Å². The second-order valence-corrected chi connectivity index (χ2v) is 2.42. The van der Waals surface area contributed by atoms with Crippen molar-refractivity contribution in [2.75, 3.05) is 6.54 Å². The number of nitrogens with two attached hydrogens (primary N) is 2. The summed E-state index contributed by atoms with van der Waals surface area (Å²) < 4.78 is 0. The molecule has 0 aromatic rings. The van der Waals surface area contributed by atoms with Crippen LogP contribution in [0.5, 0.6) is 0 Å². The largest absolute Gasteiger partial charge is 0.480 e. The topological polar surface area (TPSA) is 114 Å². The molecule has 0 saturated carbocycles. The van der Waals surface area contributed by atoms with E-state index in [2.05, 4.69) is 10.3 Å². The molecular formula is C6H14N4O2. The zero-order valence-electron chi connectivity index (χ0n) is 6.81. The molecule has 0 aromatic heterocycles. The van der Waals surface area contributed by atoms with Crippen LogP contribution in [-0.4, -0.2) is 23.7 Å². The van der Waals surface area contributed by atoms with E-state index in [4.69, 9.17) is 16.7 Å². The Hall–Kier alpha value is -1.17. The van der Waals surface area contributed by atoms with Gasteiger partial charge in [0.25, 0.3) is 0 Å². The number of carbonyl (C=O) groups is 1. The molecule has 0 bridgehead atoms. The number of hydrogen-bond acceptors (Lipinski definition) is 4. The van der Waals surface area contributed by atoms with E-state index in [9.17, 15) is 4.79 Å². The molecule has 0 radical (unpaired) electrons. The first-order valence-electron chi connectivity index (χ1n) is 3.73. The Balaban J connectivity index is 3.25. The number of nitrogens with zero attached hydrogens (tertiary/aromatic N) is 2. The van der Waals surface area contributed by atoms with Crippen molar-refractivity contribution in [3.8, 4) is 0 Å². The lowest BCUT2D eigenvalue weighted by Gasteiger charge is -2.03. The Morgan fingerprint density at radius 3 is 2.67 bits per heavy atom. The van der Waals surface area contributed by atoms with Gasteiger partial charge in [0.15, 0.2) is 0 Å². The SMILES string of the molecule is NN=NCCCCC(N)C(=O)O. The first-order valence-corrected chi connectivity index (χ1v) is 3.73. The van der Waals surface area contributed by atoms with Gasteiger partial charge in [0.2, 0.25) is 0 Å². The van der Waals surface area contributed by atoms with Gasteiger partial charge in [-0.15, -0.1) is 0 Å². The van der Waals surface area contributed by atoms with E-state index in [1.165, 1.54) is 0 Å². The molecule has 0 aliphatic heterocycles. The van der Waals surface area contributed by atoms with Gasteiger partial charge < -0.3 is 16.7 Å². The van der Waals surface area contributed by atoms with Crippen LogP contribution in [0.3, 0.4) is 0 Å². The highest BCUT2D eigenvalue weighted by Gasteiger charge is 2.09. The van der Waals surface area contributed by atoms with E-state index < -0.39 is 12.0 Å². The van der Waals surface area contributed by atoms with Gasteiger partial charge in [-0.25, -0.2) is 0 Å². The minimum absolute atomic E-state index is 0.468. The second-order valence-electron chi connectivity index (χ2n) is 2.42. The maximum absolute atomic E-state index is 10.2. The normalized spacial score (nSPS) is 13.4. The maximum atomic E-state index is 10.2. The highest BCUT2D eigenvalue weighted by Crippen LogP contribution is 1.99. The third-order valence-electron chi connectivity index (χ3n) is 1.42. The van der Waals surface area contributed by atoms with Gasteiger partial charge in [-0.05, 0) is 19.3 Å². The summed E-state index contributed by atoms with van der Waals surface area (Å²) in [5.74, 6) is 3.80. The fourth-order valence-electron chi connectivity index (χ4n) is 0.728. The van der Waals surface area contributed by atoms with Crippen molar-refractivity contribution >= 4 is 5.97 Å². The molecule has 0 aliphatic rings. The first kappa shape index (κ1) is 10.8. The average molecular weight is 174 g/mol. The molecule has 12 heavy (non-hydrogen) atoms. The van der Waals surface area contributed by atoms with Crippen LogP contribution in [0.4, 0.5) is 0 Å². The Labute approximate surface area is 70.6 Å². The quantitative estimate of drug-likeness (QED) is 0.225. The highest BCUT2D eigenvalue weighted by atomic mass is 16.4. The molecule has 0 rings (SSSR count). The lowest BCUT2D eigenvalue weighted by atomic mass is 10.1. The van der Waals surface area contributed by atoms with Crippen LogP contribution in [0.1, 0.15) is 19.3 Å². The molecule has 0 heterocycles. The first-order chi connectivity index (χ1) is 5.68. The van der Waals surface area contributed by atoms with Gasteiger partial charge in [0.1, 0.15) is 6.04 Å². The van der Waals surface area contributed by atoms with E-state index in [1.807, 2.05) is 0 Å². The predicted octanol–water partition coefficient (Wildman–Crippen LogP) is -0.105. The van der Waals surface area contributed by atoms with Gasteiger partial charge in [0, 0.05) is 0 Å². The Morgan fingerprint density at radius 1 is 1.50 bits per heavy atom. The van der Waals surface area contributed by atoms with Crippen LogP contribution in [-0.2, 0) is 4.79 Å². The van der Waals surface area contributed by atoms with Crippen LogP contribution < -0.4 is 11.6 Å². The number of aliphatic carboxylic acids is 1. The Morgan fingerprint density at radius 2 is 2.17 bits per heavy atom. The van der Waals surface area contributed by atoms with E-state index in [0.717, 1.165) is 12.8 Å². The van der Waals surface area contributed by atoms with Crippen LogP contribution in [0.25, 0.3) is 0 Å². The lowest BCUT2D eigenvalue weighted by Crippen LogP contribution is -2.29. The maximum Gasteiger partial charge on any atom is 0.320 e. The zero-order chi connectivity index (χ0) is 9.40.